The highest BCUT2D eigenvalue weighted by atomic mass is 35.5. The van der Waals surface area contributed by atoms with E-state index in [1.165, 1.54) is 12.1 Å². The maximum absolute atomic E-state index is 13.5. The molecule has 0 saturated heterocycles. The molecule has 132 valence electrons. The summed E-state index contributed by atoms with van der Waals surface area (Å²) >= 11 is 11.9. The van der Waals surface area contributed by atoms with E-state index in [1.807, 2.05) is 0 Å². The number of carbonyl (C=O) groups excluding carboxylic acids is 1. The Hall–Kier alpha value is -2.32. The molecule has 2 aromatic rings. The highest BCUT2D eigenvalue weighted by Gasteiger charge is 2.46. The number of rotatable bonds is 2. The Kier molecular flexibility index (Phi) is 4.12. The normalized spacial score (nSPS) is 14.5. The quantitative estimate of drug-likeness (QED) is 0.778. The van der Waals surface area contributed by atoms with Gasteiger partial charge in [-0.25, -0.2) is 9.78 Å². The van der Waals surface area contributed by atoms with E-state index in [1.54, 1.807) is 6.92 Å². The third-order valence-electron chi connectivity index (χ3n) is 3.57. The molecule has 0 atom stereocenters. The van der Waals surface area contributed by atoms with E-state index in [4.69, 9.17) is 28.9 Å². The molecule has 0 saturated carbocycles. The average Bonchev–Trinajstić information content (AvgIpc) is 2.89. The number of halogens is 4. The number of fused-ring (bicyclic) bond motifs is 1. The number of anilines is 1. The van der Waals surface area contributed by atoms with Crippen LogP contribution in [0.15, 0.2) is 12.1 Å². The van der Waals surface area contributed by atoms with Crippen molar-refractivity contribution in [1.82, 2.24) is 4.98 Å². The van der Waals surface area contributed by atoms with Crippen LogP contribution in [-0.2, 0) is 4.74 Å². The molecule has 0 aliphatic carbocycles. The largest absolute Gasteiger partial charge is 0.586 e. The van der Waals surface area contributed by atoms with Gasteiger partial charge in [0.05, 0.1) is 28.5 Å². The number of pyridine rings is 1. The van der Waals surface area contributed by atoms with E-state index in [0.717, 1.165) is 7.11 Å². The summed E-state index contributed by atoms with van der Waals surface area (Å²) in [6.07, 6.45) is -3.88. The number of carbonyl (C=O) groups is 1. The van der Waals surface area contributed by atoms with Gasteiger partial charge in [-0.2, -0.15) is 0 Å². The second-order valence-electron chi connectivity index (χ2n) is 5.07. The number of esters is 1. The van der Waals surface area contributed by atoms with Gasteiger partial charge in [0.15, 0.2) is 17.2 Å². The van der Waals surface area contributed by atoms with Crippen LogP contribution in [0.1, 0.15) is 16.1 Å². The molecule has 1 aliphatic heterocycles. The number of hydrogen-bond acceptors (Lipinski definition) is 6. The molecular weight excluding hydrogens is 381 g/mol. The predicted molar refractivity (Wildman–Crippen MR) is 86.4 cm³/mol. The van der Waals surface area contributed by atoms with Crippen molar-refractivity contribution in [2.45, 2.75) is 13.2 Å². The molecule has 0 fully saturated rings. The first-order valence-corrected chi connectivity index (χ1v) is 7.54. The molecule has 3 rings (SSSR count). The number of nitrogen functional groups attached to an aromatic ring is 1. The SMILES string of the molecule is COC(=O)c1nc(-c2ccc(Cl)c3c2OC(F)(F)O3)c(C)c(N)c1Cl. The fourth-order valence-corrected chi connectivity index (χ4v) is 2.79. The number of nitrogens with two attached hydrogens (primary N) is 1. The summed E-state index contributed by atoms with van der Waals surface area (Å²) in [4.78, 5) is 16.0. The number of hydrogen-bond donors (Lipinski definition) is 1. The zero-order chi connectivity index (χ0) is 18.5. The smallest absolute Gasteiger partial charge is 0.464 e. The fraction of sp³-hybridized carbons (Fsp3) is 0.200. The van der Waals surface area contributed by atoms with Crippen molar-refractivity contribution in [1.29, 1.82) is 0 Å². The van der Waals surface area contributed by atoms with Crippen molar-refractivity contribution in [3.63, 3.8) is 0 Å². The predicted octanol–water partition coefficient (Wildman–Crippen LogP) is 4.05. The maximum atomic E-state index is 13.5. The Morgan fingerprint density at radius 3 is 2.56 bits per heavy atom. The van der Waals surface area contributed by atoms with Gasteiger partial charge in [-0.3, -0.25) is 0 Å². The lowest BCUT2D eigenvalue weighted by molar-refractivity contribution is -0.286. The highest BCUT2D eigenvalue weighted by Crippen LogP contribution is 2.51. The molecule has 0 bridgehead atoms. The fourth-order valence-electron chi connectivity index (χ4n) is 2.34. The van der Waals surface area contributed by atoms with Gasteiger partial charge in [0.1, 0.15) is 0 Å². The molecule has 0 unspecified atom stereocenters. The highest BCUT2D eigenvalue weighted by molar-refractivity contribution is 6.36. The zero-order valence-corrected chi connectivity index (χ0v) is 14.3. The van der Waals surface area contributed by atoms with Crippen molar-refractivity contribution in [3.8, 4) is 22.8 Å². The van der Waals surface area contributed by atoms with Crippen molar-refractivity contribution < 1.29 is 27.8 Å². The summed E-state index contributed by atoms with van der Waals surface area (Å²) in [6.45, 7) is 1.57. The van der Waals surface area contributed by atoms with Crippen LogP contribution in [0.2, 0.25) is 10.0 Å². The van der Waals surface area contributed by atoms with Gasteiger partial charge < -0.3 is 19.9 Å². The number of alkyl halides is 2. The van der Waals surface area contributed by atoms with E-state index in [-0.39, 0.29) is 44.2 Å². The second-order valence-corrected chi connectivity index (χ2v) is 5.86. The first-order chi connectivity index (χ1) is 11.7. The number of nitrogens with zero attached hydrogens (tertiary/aromatic N) is 1. The molecule has 25 heavy (non-hydrogen) atoms. The van der Waals surface area contributed by atoms with Crippen LogP contribution in [0.5, 0.6) is 11.5 Å². The van der Waals surface area contributed by atoms with Crippen molar-refractivity contribution in [2.24, 2.45) is 0 Å². The third-order valence-corrected chi connectivity index (χ3v) is 4.25. The van der Waals surface area contributed by atoms with Crippen LogP contribution in [0, 0.1) is 6.92 Å². The first kappa shape index (κ1) is 17.5. The van der Waals surface area contributed by atoms with Gasteiger partial charge in [-0.1, -0.05) is 23.2 Å². The van der Waals surface area contributed by atoms with Gasteiger partial charge >= 0.3 is 12.3 Å². The molecule has 1 aromatic heterocycles. The van der Waals surface area contributed by atoms with Gasteiger partial charge in [-0.05, 0) is 24.6 Å². The molecule has 1 aliphatic rings. The molecule has 10 heteroatoms. The molecule has 1 aromatic carbocycles. The summed E-state index contributed by atoms with van der Waals surface area (Å²) in [5.74, 6) is -1.48. The van der Waals surface area contributed by atoms with Crippen LogP contribution in [0.4, 0.5) is 14.5 Å². The Labute approximate surface area is 150 Å². The van der Waals surface area contributed by atoms with E-state index in [9.17, 15) is 13.6 Å². The van der Waals surface area contributed by atoms with Gasteiger partial charge in [0.2, 0.25) is 0 Å². The molecule has 6 nitrogen and oxygen atoms in total. The van der Waals surface area contributed by atoms with Crippen LogP contribution < -0.4 is 15.2 Å². The van der Waals surface area contributed by atoms with Gasteiger partial charge in [0.25, 0.3) is 0 Å². The molecule has 0 spiro atoms. The summed E-state index contributed by atoms with van der Waals surface area (Å²) in [5, 5.41) is -0.162. The van der Waals surface area contributed by atoms with Crippen molar-refractivity contribution in [2.75, 3.05) is 12.8 Å². The van der Waals surface area contributed by atoms with Crippen LogP contribution in [-0.4, -0.2) is 24.4 Å². The Bertz CT molecular complexity index is 906. The third kappa shape index (κ3) is 2.81. The summed E-state index contributed by atoms with van der Waals surface area (Å²) < 4.78 is 40.5. The van der Waals surface area contributed by atoms with E-state index in [0.29, 0.717) is 5.56 Å². The van der Waals surface area contributed by atoms with Gasteiger partial charge in [-0.15, -0.1) is 8.78 Å². The van der Waals surface area contributed by atoms with Crippen LogP contribution in [0.25, 0.3) is 11.3 Å². The Balaban J connectivity index is 2.28. The first-order valence-electron chi connectivity index (χ1n) is 6.79. The minimum atomic E-state index is -3.88. The monoisotopic (exact) mass is 390 g/mol. The van der Waals surface area contributed by atoms with Crippen molar-refractivity contribution in [3.05, 3.63) is 33.4 Å². The van der Waals surface area contributed by atoms with E-state index < -0.39 is 12.3 Å². The maximum Gasteiger partial charge on any atom is 0.586 e. The average molecular weight is 391 g/mol. The Morgan fingerprint density at radius 2 is 1.92 bits per heavy atom. The number of benzene rings is 1. The molecule has 0 amide bonds. The summed E-state index contributed by atoms with van der Waals surface area (Å²) in [6, 6.07) is 2.74. The van der Waals surface area contributed by atoms with E-state index in [2.05, 4.69) is 19.2 Å². The minimum Gasteiger partial charge on any atom is -0.464 e. The number of ether oxygens (including phenoxy) is 3. The molecular formula is C15H10Cl2F2N2O4. The van der Waals surface area contributed by atoms with Crippen LogP contribution in [0.3, 0.4) is 0 Å². The lowest BCUT2D eigenvalue weighted by Gasteiger charge is -2.14. The topological polar surface area (TPSA) is 83.7 Å². The summed E-state index contributed by atoms with van der Waals surface area (Å²) in [7, 11) is 1.15. The molecule has 2 heterocycles. The van der Waals surface area contributed by atoms with Gasteiger partial charge in [0, 0.05) is 5.56 Å². The Morgan fingerprint density at radius 1 is 1.28 bits per heavy atom. The zero-order valence-electron chi connectivity index (χ0n) is 12.8. The summed E-state index contributed by atoms with van der Waals surface area (Å²) in [5.41, 5.74) is 6.30. The minimum absolute atomic E-state index is 0.0569. The molecule has 0 radical (unpaired) electrons. The number of methoxy groups -OCH3 is 1. The van der Waals surface area contributed by atoms with E-state index >= 15 is 0 Å². The van der Waals surface area contributed by atoms with Crippen molar-refractivity contribution >= 4 is 34.9 Å². The molecule has 2 N–H and O–H groups in total. The lowest BCUT2D eigenvalue weighted by Crippen LogP contribution is -2.26. The van der Waals surface area contributed by atoms with Crippen LogP contribution >= 0.6 is 23.2 Å². The standard InChI is InChI=1S/C15H10Cl2F2N2O4/c1-5-9(20)8(17)11(14(22)23-2)21-10(5)6-3-4-7(16)13-12(6)24-15(18,19)25-13/h3-4H,1-2H3,(H2,20,21). The number of aromatic nitrogens is 1. The lowest BCUT2D eigenvalue weighted by atomic mass is 10.0. The second kappa shape index (κ2) is 5.89.